The Bertz CT molecular complexity index is 1170. The molecular weight excluding hydrogens is 434 g/mol. The van der Waals surface area contributed by atoms with Crippen molar-refractivity contribution in [2.45, 2.75) is 64.8 Å². The maximum absolute atomic E-state index is 13.8. The molecule has 176 valence electrons. The summed E-state index contributed by atoms with van der Waals surface area (Å²) in [5.41, 5.74) is -0.575. The van der Waals surface area contributed by atoms with Crippen LogP contribution in [0.2, 0.25) is 0 Å². The van der Waals surface area contributed by atoms with Gasteiger partial charge in [0.2, 0.25) is 0 Å². The minimum Gasteiger partial charge on any atom is -0.378 e. The van der Waals surface area contributed by atoms with E-state index in [2.05, 4.69) is 5.32 Å². The molecule has 0 saturated carbocycles. The first kappa shape index (κ1) is 23.1. The summed E-state index contributed by atoms with van der Waals surface area (Å²) in [6.07, 6.45) is 0.567. The van der Waals surface area contributed by atoms with Crippen LogP contribution in [0.25, 0.3) is 0 Å². The lowest BCUT2D eigenvalue weighted by Crippen LogP contribution is -2.67. The largest absolute Gasteiger partial charge is 0.378 e. The molecule has 2 N–H and O–H groups in total. The number of aliphatic hydroxyl groups is 1. The summed E-state index contributed by atoms with van der Waals surface area (Å²) in [4.78, 5) is 42.1. The van der Waals surface area contributed by atoms with Gasteiger partial charge < -0.3 is 19.9 Å². The Hall–Kier alpha value is -3.11. The van der Waals surface area contributed by atoms with Crippen LogP contribution in [0.1, 0.15) is 53.6 Å². The van der Waals surface area contributed by atoms with Crippen LogP contribution in [0, 0.1) is 11.6 Å². The van der Waals surface area contributed by atoms with Crippen molar-refractivity contribution in [1.29, 1.82) is 0 Å². The van der Waals surface area contributed by atoms with Gasteiger partial charge in [-0.25, -0.2) is 8.78 Å². The monoisotopic (exact) mass is 460 g/mol. The van der Waals surface area contributed by atoms with Crippen LogP contribution < -0.4 is 10.7 Å². The second-order valence-electron chi connectivity index (χ2n) is 8.81. The zero-order chi connectivity index (χ0) is 24.0. The van der Waals surface area contributed by atoms with E-state index in [0.29, 0.717) is 12.5 Å². The minimum atomic E-state index is -0.804. The lowest BCUT2D eigenvalue weighted by atomic mass is 10.0. The highest BCUT2D eigenvalue weighted by atomic mass is 19.1. The Morgan fingerprint density at radius 3 is 2.64 bits per heavy atom. The lowest BCUT2D eigenvalue weighted by molar-refractivity contribution is -0.146. The first-order valence-corrected chi connectivity index (χ1v) is 10.8. The second-order valence-corrected chi connectivity index (χ2v) is 8.81. The quantitative estimate of drug-likeness (QED) is 0.724. The number of rotatable bonds is 4. The molecule has 1 unspecified atom stereocenters. The van der Waals surface area contributed by atoms with Crippen LogP contribution in [0.4, 0.5) is 8.78 Å². The first-order valence-electron chi connectivity index (χ1n) is 10.8. The molecule has 3 heterocycles. The number of halogens is 2. The van der Waals surface area contributed by atoms with Crippen LogP contribution in [0.3, 0.4) is 0 Å². The van der Waals surface area contributed by atoms with Gasteiger partial charge in [-0.15, -0.1) is 0 Å². The topological polar surface area (TPSA) is 94.9 Å². The summed E-state index contributed by atoms with van der Waals surface area (Å²) in [5.74, 6) is -2.60. The molecule has 1 saturated heterocycles. The Balaban J connectivity index is 1.62. The van der Waals surface area contributed by atoms with Gasteiger partial charge in [0.15, 0.2) is 5.43 Å². The maximum atomic E-state index is 13.8. The van der Waals surface area contributed by atoms with Crippen LogP contribution in [-0.4, -0.2) is 55.8 Å². The summed E-state index contributed by atoms with van der Waals surface area (Å²) >= 11 is 0. The van der Waals surface area contributed by atoms with E-state index in [1.807, 2.05) is 25.7 Å². The molecule has 1 aromatic heterocycles. The van der Waals surface area contributed by atoms with Crippen molar-refractivity contribution in [3.8, 4) is 0 Å². The molecule has 8 nitrogen and oxygen atoms in total. The Kier molecular flexibility index (Phi) is 6.06. The van der Waals surface area contributed by atoms with Gasteiger partial charge in [-0.1, -0.05) is 6.07 Å². The zero-order valence-corrected chi connectivity index (χ0v) is 18.6. The van der Waals surface area contributed by atoms with Gasteiger partial charge in [-0.3, -0.25) is 19.3 Å². The fourth-order valence-electron chi connectivity index (χ4n) is 4.71. The van der Waals surface area contributed by atoms with Crippen molar-refractivity contribution in [1.82, 2.24) is 19.7 Å². The maximum Gasteiger partial charge on any atom is 0.272 e. The van der Waals surface area contributed by atoms with Gasteiger partial charge >= 0.3 is 0 Å². The second kappa shape index (κ2) is 8.68. The number of hydrogen-bond acceptors (Lipinski definition) is 5. The number of nitrogens with zero attached hydrogens (tertiary/aromatic N) is 3. The predicted octanol–water partition coefficient (Wildman–Crippen LogP) is 1.66. The van der Waals surface area contributed by atoms with E-state index >= 15 is 0 Å². The number of aliphatic hydroxyl groups excluding tert-OH is 1. The Labute approximate surface area is 189 Å². The molecule has 0 radical (unpaired) electrons. The highest BCUT2D eigenvalue weighted by Gasteiger charge is 2.45. The fraction of sp³-hybridized carbons (Fsp3) is 0.435. The molecule has 33 heavy (non-hydrogen) atoms. The summed E-state index contributed by atoms with van der Waals surface area (Å²) < 4.78 is 28.5. The van der Waals surface area contributed by atoms with Gasteiger partial charge in [0.05, 0.1) is 6.54 Å². The van der Waals surface area contributed by atoms with Gasteiger partial charge in [-0.2, -0.15) is 0 Å². The molecule has 2 aliphatic heterocycles. The Morgan fingerprint density at radius 1 is 1.24 bits per heavy atom. The highest BCUT2D eigenvalue weighted by Crippen LogP contribution is 2.31. The number of carbonyl (C=O) groups excluding carboxylic acids is 2. The summed E-state index contributed by atoms with van der Waals surface area (Å²) in [5, 5.41) is 13.1. The van der Waals surface area contributed by atoms with E-state index in [1.165, 1.54) is 12.3 Å². The van der Waals surface area contributed by atoms with E-state index in [4.69, 9.17) is 0 Å². The molecule has 2 aromatic rings. The van der Waals surface area contributed by atoms with Crippen molar-refractivity contribution in [3.63, 3.8) is 0 Å². The van der Waals surface area contributed by atoms with Crippen LogP contribution >= 0.6 is 0 Å². The Morgan fingerprint density at radius 2 is 1.97 bits per heavy atom. The first-order chi connectivity index (χ1) is 15.6. The molecule has 2 aliphatic rings. The third-order valence-corrected chi connectivity index (χ3v) is 6.27. The average Bonchev–Trinajstić information content (AvgIpc) is 2.72. The van der Waals surface area contributed by atoms with Crippen LogP contribution in [0.15, 0.2) is 35.3 Å². The third-order valence-electron chi connectivity index (χ3n) is 6.27. The van der Waals surface area contributed by atoms with E-state index in [0.717, 1.165) is 12.1 Å². The number of benzene rings is 1. The number of hydrogen-bond donors (Lipinski definition) is 2. The summed E-state index contributed by atoms with van der Waals surface area (Å²) in [6.45, 7) is 5.75. The number of amides is 2. The third kappa shape index (κ3) is 4.16. The smallest absolute Gasteiger partial charge is 0.272 e. The van der Waals surface area contributed by atoms with E-state index in [9.17, 15) is 28.3 Å². The van der Waals surface area contributed by atoms with Crippen molar-refractivity contribution in [2.75, 3.05) is 0 Å². The number of aromatic nitrogens is 1. The van der Waals surface area contributed by atoms with Crippen LogP contribution in [0.5, 0.6) is 0 Å². The molecule has 0 spiro atoms. The average molecular weight is 460 g/mol. The standard InChI is InChI=1S/C23H26F2N4O4/c1-12(2)28-20-11-27-10-16(22(32)26-9-14-4-5-15(24)7-17(14)25)19(30)8-18(27)23(33)29(20)13(3)6-21(28)31/h4-5,7-8,10,12-13,20-21,31H,6,9,11H2,1-3H3,(H,26,32)/t13-,20-,21?/m0/s1. The molecular formula is C23H26F2N4O4. The molecule has 3 atom stereocenters. The minimum absolute atomic E-state index is 0.0397. The fourth-order valence-corrected chi connectivity index (χ4v) is 4.71. The number of carbonyl (C=O) groups is 2. The van der Waals surface area contributed by atoms with Gasteiger partial charge in [0, 0.05) is 48.9 Å². The summed E-state index contributed by atoms with van der Waals surface area (Å²) in [6, 6.07) is 3.90. The van der Waals surface area contributed by atoms with Crippen molar-refractivity contribution in [2.24, 2.45) is 0 Å². The molecule has 1 fully saturated rings. The van der Waals surface area contributed by atoms with Crippen molar-refractivity contribution >= 4 is 11.8 Å². The number of fused-ring (bicyclic) bond motifs is 2. The molecule has 2 amide bonds. The molecule has 1 aromatic carbocycles. The van der Waals surface area contributed by atoms with Gasteiger partial charge in [-0.05, 0) is 26.8 Å². The van der Waals surface area contributed by atoms with Gasteiger partial charge in [0.1, 0.15) is 35.3 Å². The lowest BCUT2D eigenvalue weighted by Gasteiger charge is -2.53. The zero-order valence-electron chi connectivity index (χ0n) is 18.6. The van der Waals surface area contributed by atoms with E-state index < -0.39 is 35.4 Å². The SMILES string of the molecule is CC(C)N1C(O)C[C@H](C)N2C(=O)c3cc(=O)c(C(=O)NCc4ccc(F)cc4F)cn3C[C@@H]12. The van der Waals surface area contributed by atoms with Crippen LogP contribution in [-0.2, 0) is 13.1 Å². The molecule has 10 heteroatoms. The molecule has 0 bridgehead atoms. The van der Waals surface area contributed by atoms with Crippen molar-refractivity contribution in [3.05, 3.63) is 69.1 Å². The molecule has 4 rings (SSSR count). The van der Waals surface area contributed by atoms with E-state index in [-0.39, 0.29) is 47.9 Å². The highest BCUT2D eigenvalue weighted by molar-refractivity contribution is 5.97. The number of nitrogens with one attached hydrogen (secondary N) is 1. The summed E-state index contributed by atoms with van der Waals surface area (Å²) in [7, 11) is 0. The van der Waals surface area contributed by atoms with Crippen molar-refractivity contribution < 1.29 is 23.5 Å². The number of pyridine rings is 1. The van der Waals surface area contributed by atoms with E-state index in [1.54, 1.807) is 9.47 Å². The normalized spacial score (nSPS) is 22.8. The van der Waals surface area contributed by atoms with Gasteiger partial charge in [0.25, 0.3) is 11.8 Å². The predicted molar refractivity (Wildman–Crippen MR) is 115 cm³/mol. The molecule has 0 aliphatic carbocycles.